The van der Waals surface area contributed by atoms with E-state index in [0.29, 0.717) is 18.0 Å². The Labute approximate surface area is 134 Å². The second-order valence-electron chi connectivity index (χ2n) is 4.92. The monoisotopic (exact) mass is 319 g/mol. The van der Waals surface area contributed by atoms with Crippen molar-refractivity contribution in [3.63, 3.8) is 0 Å². The van der Waals surface area contributed by atoms with Crippen molar-refractivity contribution in [1.82, 2.24) is 4.72 Å². The van der Waals surface area contributed by atoms with E-state index < -0.39 is 11.0 Å². The summed E-state index contributed by atoms with van der Waals surface area (Å²) in [4.78, 5) is 0.790. The molecule has 0 saturated carbocycles. The van der Waals surface area contributed by atoms with Crippen molar-refractivity contribution in [2.75, 3.05) is 20.8 Å². The molecule has 0 aliphatic heterocycles. The minimum atomic E-state index is -1.18. The summed E-state index contributed by atoms with van der Waals surface area (Å²) >= 11 is 0. The zero-order valence-electron chi connectivity index (χ0n) is 13.1. The fraction of sp³-hybridized carbons (Fsp3) is 0.294. The quantitative estimate of drug-likeness (QED) is 0.853. The first kappa shape index (κ1) is 16.5. The number of rotatable bonds is 7. The molecule has 0 heterocycles. The number of methoxy groups -OCH3 is 2. The van der Waals surface area contributed by atoms with Crippen LogP contribution in [0.15, 0.2) is 47.4 Å². The molecule has 2 aromatic carbocycles. The maximum Gasteiger partial charge on any atom is 0.160 e. The first-order chi connectivity index (χ1) is 10.6. The van der Waals surface area contributed by atoms with E-state index in [1.165, 1.54) is 0 Å². The van der Waals surface area contributed by atoms with Gasteiger partial charge in [-0.2, -0.15) is 0 Å². The molecule has 22 heavy (non-hydrogen) atoms. The highest BCUT2D eigenvalue weighted by atomic mass is 32.2. The summed E-state index contributed by atoms with van der Waals surface area (Å²) in [5.74, 6) is 1.42. The van der Waals surface area contributed by atoms with Crippen LogP contribution in [0.2, 0.25) is 0 Å². The van der Waals surface area contributed by atoms with Crippen LogP contribution in [0.1, 0.15) is 11.1 Å². The topological polar surface area (TPSA) is 47.6 Å². The van der Waals surface area contributed by atoms with Crippen LogP contribution in [0, 0.1) is 6.92 Å². The standard InChI is InChI=1S/C17H21NO3S/c1-13-4-7-15(8-5-13)22(19)18-11-10-14-6-9-16(20-2)17(12-14)21-3/h4-9,12,18H,10-11H2,1-3H3. The Hall–Kier alpha value is -1.85. The lowest BCUT2D eigenvalue weighted by Crippen LogP contribution is -2.20. The number of ether oxygens (including phenoxy) is 2. The average molecular weight is 319 g/mol. The number of aryl methyl sites for hydroxylation is 1. The number of hydrogen-bond donors (Lipinski definition) is 1. The lowest BCUT2D eigenvalue weighted by Gasteiger charge is -2.10. The zero-order valence-corrected chi connectivity index (χ0v) is 13.9. The van der Waals surface area contributed by atoms with Crippen molar-refractivity contribution in [3.8, 4) is 11.5 Å². The van der Waals surface area contributed by atoms with E-state index >= 15 is 0 Å². The molecule has 0 aliphatic rings. The molecule has 0 amide bonds. The predicted octanol–water partition coefficient (Wildman–Crippen LogP) is 2.87. The number of nitrogens with one attached hydrogen (secondary N) is 1. The van der Waals surface area contributed by atoms with Gasteiger partial charge in [0.05, 0.1) is 19.1 Å². The molecule has 118 valence electrons. The van der Waals surface area contributed by atoms with Crippen LogP contribution in [0.4, 0.5) is 0 Å². The summed E-state index contributed by atoms with van der Waals surface area (Å²) in [6.45, 7) is 2.63. The van der Waals surface area contributed by atoms with Gasteiger partial charge in [-0.15, -0.1) is 0 Å². The van der Waals surface area contributed by atoms with E-state index in [1.807, 2.05) is 49.4 Å². The van der Waals surface area contributed by atoms with Crippen LogP contribution in [0.5, 0.6) is 11.5 Å². The molecular formula is C17H21NO3S. The fourth-order valence-electron chi connectivity index (χ4n) is 2.07. The Morgan fingerprint density at radius 2 is 1.68 bits per heavy atom. The Bertz CT molecular complexity index is 641. The van der Waals surface area contributed by atoms with Gasteiger partial charge >= 0.3 is 0 Å². The minimum absolute atomic E-state index is 0.621. The molecule has 0 fully saturated rings. The maximum absolute atomic E-state index is 12.1. The summed E-state index contributed by atoms with van der Waals surface area (Å²) in [5.41, 5.74) is 2.26. The van der Waals surface area contributed by atoms with E-state index in [4.69, 9.17) is 9.47 Å². The summed E-state index contributed by atoms with van der Waals surface area (Å²) in [6.07, 6.45) is 0.762. The van der Waals surface area contributed by atoms with Crippen LogP contribution < -0.4 is 14.2 Å². The molecule has 2 rings (SSSR count). The number of benzene rings is 2. The molecule has 0 radical (unpaired) electrons. The molecule has 4 nitrogen and oxygen atoms in total. The molecule has 0 saturated heterocycles. The second-order valence-corrected chi connectivity index (χ2v) is 6.21. The smallest absolute Gasteiger partial charge is 0.160 e. The second kappa shape index (κ2) is 7.96. The Kier molecular flexibility index (Phi) is 5.98. The van der Waals surface area contributed by atoms with Gasteiger partial charge in [0.15, 0.2) is 11.5 Å². The van der Waals surface area contributed by atoms with Gasteiger partial charge in [0.25, 0.3) is 0 Å². The molecular weight excluding hydrogens is 298 g/mol. The molecule has 0 spiro atoms. The van der Waals surface area contributed by atoms with Crippen molar-refractivity contribution in [2.45, 2.75) is 18.2 Å². The average Bonchev–Trinajstić information content (AvgIpc) is 2.55. The Morgan fingerprint density at radius 1 is 1.00 bits per heavy atom. The first-order valence-corrected chi connectivity index (χ1v) is 8.22. The third-order valence-corrected chi connectivity index (χ3v) is 4.50. The van der Waals surface area contributed by atoms with Crippen LogP contribution in [0.3, 0.4) is 0 Å². The molecule has 0 bridgehead atoms. The summed E-state index contributed by atoms with van der Waals surface area (Å²) in [6, 6.07) is 13.5. The van der Waals surface area contributed by atoms with Gasteiger partial charge in [-0.25, -0.2) is 8.93 Å². The van der Waals surface area contributed by atoms with Crippen molar-refractivity contribution in [1.29, 1.82) is 0 Å². The van der Waals surface area contributed by atoms with Crippen molar-refractivity contribution >= 4 is 11.0 Å². The van der Waals surface area contributed by atoms with E-state index in [9.17, 15) is 4.21 Å². The molecule has 2 aromatic rings. The van der Waals surface area contributed by atoms with Crippen LogP contribution in [0.25, 0.3) is 0 Å². The summed E-state index contributed by atoms with van der Waals surface area (Å²) in [7, 11) is 2.05. The molecule has 1 atom stereocenters. The largest absolute Gasteiger partial charge is 0.493 e. The molecule has 1 N–H and O–H groups in total. The van der Waals surface area contributed by atoms with Gasteiger partial charge in [0.1, 0.15) is 11.0 Å². The van der Waals surface area contributed by atoms with Crippen molar-refractivity contribution in [2.24, 2.45) is 0 Å². The van der Waals surface area contributed by atoms with Crippen LogP contribution in [-0.4, -0.2) is 25.0 Å². The molecule has 0 aromatic heterocycles. The first-order valence-electron chi connectivity index (χ1n) is 7.07. The molecule has 0 aliphatic carbocycles. The predicted molar refractivity (Wildman–Crippen MR) is 88.8 cm³/mol. The fourth-order valence-corrected chi connectivity index (χ4v) is 2.91. The van der Waals surface area contributed by atoms with Crippen LogP contribution >= 0.6 is 0 Å². The Balaban J connectivity index is 1.90. The number of hydrogen-bond acceptors (Lipinski definition) is 3. The normalized spacial score (nSPS) is 12.0. The van der Waals surface area contributed by atoms with E-state index in [0.717, 1.165) is 22.4 Å². The van der Waals surface area contributed by atoms with Gasteiger partial charge in [-0.05, 0) is 43.2 Å². The lowest BCUT2D eigenvalue weighted by atomic mass is 10.1. The minimum Gasteiger partial charge on any atom is -0.493 e. The van der Waals surface area contributed by atoms with Crippen molar-refractivity contribution < 1.29 is 13.7 Å². The maximum atomic E-state index is 12.1. The van der Waals surface area contributed by atoms with E-state index in [2.05, 4.69) is 4.72 Å². The third kappa shape index (κ3) is 4.32. The van der Waals surface area contributed by atoms with Crippen LogP contribution in [-0.2, 0) is 17.4 Å². The molecule has 1 unspecified atom stereocenters. The summed E-state index contributed by atoms with van der Waals surface area (Å²) in [5, 5.41) is 0. The van der Waals surface area contributed by atoms with Gasteiger partial charge < -0.3 is 9.47 Å². The Morgan fingerprint density at radius 3 is 2.32 bits per heavy atom. The highest BCUT2D eigenvalue weighted by molar-refractivity contribution is 7.83. The van der Waals surface area contributed by atoms with Gasteiger partial charge in [-0.1, -0.05) is 23.8 Å². The van der Waals surface area contributed by atoms with E-state index in [1.54, 1.807) is 14.2 Å². The van der Waals surface area contributed by atoms with Gasteiger partial charge in [0.2, 0.25) is 0 Å². The van der Waals surface area contributed by atoms with E-state index in [-0.39, 0.29) is 0 Å². The van der Waals surface area contributed by atoms with Crippen molar-refractivity contribution in [3.05, 3.63) is 53.6 Å². The SMILES string of the molecule is COc1ccc(CCNS(=O)c2ccc(C)cc2)cc1OC. The molecule has 5 heteroatoms. The highest BCUT2D eigenvalue weighted by Crippen LogP contribution is 2.27. The zero-order chi connectivity index (χ0) is 15.9. The highest BCUT2D eigenvalue weighted by Gasteiger charge is 2.06. The lowest BCUT2D eigenvalue weighted by molar-refractivity contribution is 0.354. The van der Waals surface area contributed by atoms with Gasteiger partial charge in [0, 0.05) is 6.54 Å². The third-order valence-electron chi connectivity index (χ3n) is 3.33. The van der Waals surface area contributed by atoms with Gasteiger partial charge in [-0.3, -0.25) is 0 Å². The summed E-state index contributed by atoms with van der Waals surface area (Å²) < 4.78 is 25.6.